The first-order valence-electron chi connectivity index (χ1n) is 6.28. The first kappa shape index (κ1) is 15.4. The molecule has 7 heteroatoms. The molecular formula is C13H15ClFNO3S. The minimum Gasteiger partial charge on any atom is -0.300 e. The Labute approximate surface area is 122 Å². The van der Waals surface area contributed by atoms with Gasteiger partial charge in [-0.05, 0) is 38.0 Å². The van der Waals surface area contributed by atoms with Crippen LogP contribution >= 0.6 is 11.6 Å². The Morgan fingerprint density at radius 2 is 2.15 bits per heavy atom. The number of hydrogen-bond acceptors (Lipinski definition) is 3. The van der Waals surface area contributed by atoms with E-state index >= 15 is 0 Å². The third-order valence-electron chi connectivity index (χ3n) is 3.47. The van der Waals surface area contributed by atoms with Crippen molar-refractivity contribution in [3.8, 4) is 0 Å². The van der Waals surface area contributed by atoms with Gasteiger partial charge in [-0.3, -0.25) is 4.79 Å². The molecule has 1 aliphatic rings. The molecule has 0 saturated carbocycles. The Morgan fingerprint density at radius 3 is 2.80 bits per heavy atom. The van der Waals surface area contributed by atoms with Crippen LogP contribution in [0.1, 0.15) is 19.8 Å². The Morgan fingerprint density at radius 1 is 1.45 bits per heavy atom. The number of rotatable bonds is 3. The largest absolute Gasteiger partial charge is 0.300 e. The third kappa shape index (κ3) is 3.02. The summed E-state index contributed by atoms with van der Waals surface area (Å²) in [5.41, 5.74) is 0. The van der Waals surface area contributed by atoms with Gasteiger partial charge >= 0.3 is 0 Å². The van der Waals surface area contributed by atoms with Crippen molar-refractivity contribution in [3.63, 3.8) is 0 Å². The molecule has 1 atom stereocenters. The molecule has 0 aromatic heterocycles. The van der Waals surface area contributed by atoms with E-state index in [4.69, 9.17) is 11.6 Å². The SMILES string of the molecule is CC(=O)C1CCCN(S(=O)(=O)c2cc(F)ccc2Cl)C1. The first-order valence-corrected chi connectivity index (χ1v) is 8.10. The van der Waals surface area contributed by atoms with E-state index in [0.29, 0.717) is 19.4 Å². The quantitative estimate of drug-likeness (QED) is 0.860. The zero-order valence-corrected chi connectivity index (χ0v) is 12.5. The fraction of sp³-hybridized carbons (Fsp3) is 0.462. The lowest BCUT2D eigenvalue weighted by Crippen LogP contribution is -2.41. The lowest BCUT2D eigenvalue weighted by Gasteiger charge is -2.30. The highest BCUT2D eigenvalue weighted by Gasteiger charge is 2.33. The minimum absolute atomic E-state index is 0.0173. The van der Waals surface area contributed by atoms with Gasteiger partial charge in [0.2, 0.25) is 10.0 Å². The number of piperidine rings is 1. The van der Waals surface area contributed by atoms with Gasteiger partial charge in [0.15, 0.2) is 0 Å². The number of halogens is 2. The summed E-state index contributed by atoms with van der Waals surface area (Å²) in [4.78, 5) is 11.2. The summed E-state index contributed by atoms with van der Waals surface area (Å²) in [6.45, 7) is 1.90. The van der Waals surface area contributed by atoms with Crippen molar-refractivity contribution < 1.29 is 17.6 Å². The van der Waals surface area contributed by atoms with Crippen LogP contribution in [0.5, 0.6) is 0 Å². The Kier molecular flexibility index (Phi) is 4.46. The topological polar surface area (TPSA) is 54.5 Å². The van der Waals surface area contributed by atoms with Crippen LogP contribution in [0, 0.1) is 11.7 Å². The summed E-state index contributed by atoms with van der Waals surface area (Å²) in [7, 11) is -3.87. The lowest BCUT2D eigenvalue weighted by molar-refractivity contribution is -0.121. The standard InChI is InChI=1S/C13H15ClFNO3S/c1-9(17)10-3-2-6-16(8-10)20(18,19)13-7-11(15)4-5-12(13)14/h4-5,7,10H,2-3,6,8H2,1H3. The van der Waals surface area contributed by atoms with Crippen molar-refractivity contribution in [1.29, 1.82) is 0 Å². The maximum atomic E-state index is 13.3. The number of Topliss-reactive ketones (excluding diaryl/α,β-unsaturated/α-hetero) is 1. The van der Waals surface area contributed by atoms with Gasteiger partial charge in [-0.2, -0.15) is 4.31 Å². The van der Waals surface area contributed by atoms with Crippen LogP contribution in [0.15, 0.2) is 23.1 Å². The molecule has 1 unspecified atom stereocenters. The zero-order chi connectivity index (χ0) is 14.9. The molecule has 1 saturated heterocycles. The fourth-order valence-electron chi connectivity index (χ4n) is 2.31. The zero-order valence-electron chi connectivity index (χ0n) is 11.0. The highest BCUT2D eigenvalue weighted by molar-refractivity contribution is 7.89. The van der Waals surface area contributed by atoms with Crippen molar-refractivity contribution >= 4 is 27.4 Å². The van der Waals surface area contributed by atoms with E-state index in [-0.39, 0.29) is 28.2 Å². The molecular weight excluding hydrogens is 305 g/mol. The summed E-state index contributed by atoms with van der Waals surface area (Å²) in [5, 5.41) is -0.0173. The molecule has 2 rings (SSSR count). The number of carbonyl (C=O) groups is 1. The predicted molar refractivity (Wildman–Crippen MR) is 73.6 cm³/mol. The van der Waals surface area contributed by atoms with Crippen molar-refractivity contribution in [2.75, 3.05) is 13.1 Å². The highest BCUT2D eigenvalue weighted by atomic mass is 35.5. The van der Waals surface area contributed by atoms with Gasteiger partial charge < -0.3 is 0 Å². The normalized spacial score (nSPS) is 20.9. The average Bonchev–Trinajstić information content (AvgIpc) is 2.41. The van der Waals surface area contributed by atoms with Crippen molar-refractivity contribution in [3.05, 3.63) is 29.0 Å². The van der Waals surface area contributed by atoms with Crippen LogP contribution in [-0.2, 0) is 14.8 Å². The number of ketones is 1. The number of nitrogens with zero attached hydrogens (tertiary/aromatic N) is 1. The molecule has 0 N–H and O–H groups in total. The van der Waals surface area contributed by atoms with E-state index in [1.165, 1.54) is 17.3 Å². The number of benzene rings is 1. The van der Waals surface area contributed by atoms with E-state index in [0.717, 1.165) is 12.1 Å². The first-order chi connectivity index (χ1) is 9.32. The molecule has 1 aliphatic heterocycles. The molecule has 0 radical (unpaired) electrons. The second-order valence-electron chi connectivity index (χ2n) is 4.89. The Hall–Kier alpha value is -0.980. The summed E-state index contributed by atoms with van der Waals surface area (Å²) < 4.78 is 39.4. The van der Waals surface area contributed by atoms with Gasteiger partial charge in [-0.15, -0.1) is 0 Å². The van der Waals surface area contributed by atoms with Gasteiger partial charge in [0.25, 0.3) is 0 Å². The molecule has 1 fully saturated rings. The predicted octanol–water partition coefficient (Wildman–Crippen LogP) is 2.47. The van der Waals surface area contributed by atoms with Gasteiger partial charge in [0.1, 0.15) is 16.5 Å². The van der Waals surface area contributed by atoms with Crippen LogP contribution in [0.2, 0.25) is 5.02 Å². The summed E-state index contributed by atoms with van der Waals surface area (Å²) in [5.74, 6) is -0.991. The molecule has 1 aromatic carbocycles. The molecule has 0 aliphatic carbocycles. The van der Waals surface area contributed by atoms with Gasteiger partial charge in [-0.25, -0.2) is 12.8 Å². The number of sulfonamides is 1. The van der Waals surface area contributed by atoms with Crippen LogP contribution in [0.4, 0.5) is 4.39 Å². The molecule has 20 heavy (non-hydrogen) atoms. The van der Waals surface area contributed by atoms with Gasteiger partial charge in [0.05, 0.1) is 5.02 Å². The van der Waals surface area contributed by atoms with Crippen LogP contribution in [-0.4, -0.2) is 31.6 Å². The van der Waals surface area contributed by atoms with E-state index in [2.05, 4.69) is 0 Å². The maximum absolute atomic E-state index is 13.3. The average molecular weight is 320 g/mol. The van der Waals surface area contributed by atoms with Crippen LogP contribution < -0.4 is 0 Å². The van der Waals surface area contributed by atoms with Gasteiger partial charge in [-0.1, -0.05) is 11.6 Å². The lowest BCUT2D eigenvalue weighted by atomic mass is 9.96. The second kappa shape index (κ2) is 5.79. The molecule has 0 bridgehead atoms. The fourth-order valence-corrected chi connectivity index (χ4v) is 4.32. The second-order valence-corrected chi connectivity index (χ2v) is 7.20. The van der Waals surface area contributed by atoms with Crippen molar-refractivity contribution in [2.45, 2.75) is 24.7 Å². The molecule has 1 aromatic rings. The van der Waals surface area contributed by atoms with E-state index in [1.54, 1.807) is 0 Å². The summed E-state index contributed by atoms with van der Waals surface area (Å²) >= 11 is 5.86. The Bertz CT molecular complexity index is 633. The third-order valence-corrected chi connectivity index (χ3v) is 5.82. The number of carbonyl (C=O) groups excluding carboxylic acids is 1. The van der Waals surface area contributed by atoms with Crippen molar-refractivity contribution in [2.24, 2.45) is 5.92 Å². The van der Waals surface area contributed by atoms with E-state index in [9.17, 15) is 17.6 Å². The molecule has 0 amide bonds. The minimum atomic E-state index is -3.87. The summed E-state index contributed by atoms with van der Waals surface area (Å²) in [6.07, 6.45) is 1.29. The number of hydrogen-bond donors (Lipinski definition) is 0. The molecule has 0 spiro atoms. The monoisotopic (exact) mass is 319 g/mol. The van der Waals surface area contributed by atoms with Crippen LogP contribution in [0.25, 0.3) is 0 Å². The highest BCUT2D eigenvalue weighted by Crippen LogP contribution is 2.29. The van der Waals surface area contributed by atoms with Crippen molar-refractivity contribution in [1.82, 2.24) is 4.31 Å². The maximum Gasteiger partial charge on any atom is 0.244 e. The van der Waals surface area contributed by atoms with E-state index < -0.39 is 15.8 Å². The summed E-state index contributed by atoms with van der Waals surface area (Å²) in [6, 6.07) is 3.24. The molecule has 1 heterocycles. The molecule has 4 nitrogen and oxygen atoms in total. The van der Waals surface area contributed by atoms with Crippen LogP contribution in [0.3, 0.4) is 0 Å². The smallest absolute Gasteiger partial charge is 0.244 e. The Balaban J connectivity index is 2.35. The van der Waals surface area contributed by atoms with Gasteiger partial charge in [0, 0.05) is 19.0 Å². The van der Waals surface area contributed by atoms with E-state index in [1.807, 2.05) is 0 Å². The molecule has 110 valence electrons.